The van der Waals surface area contributed by atoms with Crippen LogP contribution in [0.15, 0.2) is 33.6 Å². The number of aliphatic imine (C=N–C) groups is 1. The third-order valence-corrected chi connectivity index (χ3v) is 8.27. The number of hydrogen-bond acceptors (Lipinski definition) is 8. The molecule has 3 heterocycles. The summed E-state index contributed by atoms with van der Waals surface area (Å²) >= 11 is 1.94. The Bertz CT molecular complexity index is 1390. The topological polar surface area (TPSA) is 121 Å². The summed E-state index contributed by atoms with van der Waals surface area (Å²) in [5.74, 6) is -2.80. The van der Waals surface area contributed by atoms with E-state index in [-0.39, 0.29) is 45.7 Å². The number of halogens is 2. The van der Waals surface area contributed by atoms with Crippen molar-refractivity contribution in [3.63, 3.8) is 0 Å². The smallest absolute Gasteiger partial charge is 0.360 e. The average Bonchev–Trinajstić information content (AvgIpc) is 3.38. The van der Waals surface area contributed by atoms with Gasteiger partial charge in [-0.3, -0.25) is 4.79 Å². The molecule has 2 aliphatic rings. The van der Waals surface area contributed by atoms with E-state index >= 15 is 0 Å². The summed E-state index contributed by atoms with van der Waals surface area (Å²) in [6, 6.07) is 1.27. The monoisotopic (exact) mass is 557 g/mol. The van der Waals surface area contributed by atoms with E-state index in [0.717, 1.165) is 46.6 Å². The molecule has 36 heavy (non-hydrogen) atoms. The number of ether oxygens (including phenoxy) is 1. The van der Waals surface area contributed by atoms with Crippen molar-refractivity contribution >= 4 is 55.5 Å². The van der Waals surface area contributed by atoms with Crippen molar-refractivity contribution in [2.24, 2.45) is 10.4 Å². The van der Waals surface area contributed by atoms with Gasteiger partial charge in [0.05, 0.1) is 24.4 Å². The molecule has 4 rings (SSSR count). The number of nitrogens with one attached hydrogen (secondary N) is 1. The number of fused-ring (bicyclic) bond motifs is 1. The maximum Gasteiger partial charge on any atom is 0.360 e. The van der Waals surface area contributed by atoms with E-state index in [0.29, 0.717) is 4.31 Å². The fraction of sp³-hybridized carbons (Fsp3) is 0.333. The summed E-state index contributed by atoms with van der Waals surface area (Å²) in [6.45, 7) is 5.76. The molecule has 0 spiro atoms. The van der Waals surface area contributed by atoms with Crippen LogP contribution in [0.1, 0.15) is 27.2 Å². The zero-order chi connectivity index (χ0) is 26.4. The minimum Gasteiger partial charge on any atom is -0.487 e. The van der Waals surface area contributed by atoms with Crippen LogP contribution in [-0.4, -0.2) is 52.8 Å². The summed E-state index contributed by atoms with van der Waals surface area (Å²) in [4.78, 5) is 32.2. The van der Waals surface area contributed by atoms with Crippen molar-refractivity contribution in [1.29, 1.82) is 0 Å². The summed E-state index contributed by atoms with van der Waals surface area (Å²) in [7, 11) is -3.12. The second-order valence-corrected chi connectivity index (χ2v) is 12.5. The lowest BCUT2D eigenvalue weighted by Gasteiger charge is -2.29. The largest absolute Gasteiger partial charge is 0.487 e. The van der Waals surface area contributed by atoms with Gasteiger partial charge in [0.1, 0.15) is 0 Å². The standard InChI is InChI=1S/C21H21F2N5O5S3/c1-21(2,3)10-33-17-13(22)5-11(6-14(17)23)15-9-34-18(24-15)25-16(29)7-12-8-35-20-26-19(30)27(4)36(31,32)28(12)20/h5-6,8-9H,7,10H2,1-4H3,(H,24,25,29). The van der Waals surface area contributed by atoms with Gasteiger partial charge < -0.3 is 10.1 Å². The summed E-state index contributed by atoms with van der Waals surface area (Å²) in [5, 5.41) is 5.58. The lowest BCUT2D eigenvalue weighted by molar-refractivity contribution is -0.115. The number of nitrogens with zero attached hydrogens (tertiary/aromatic N) is 4. The SMILES string of the molecule is CN1C(=O)N=C2SC=C(CC(=O)Nc3nc(-c4cc(F)c(OCC(C)(C)C)c(F)c4)cs3)N2S1(=O)=O. The van der Waals surface area contributed by atoms with E-state index in [1.807, 2.05) is 20.8 Å². The maximum atomic E-state index is 14.5. The zero-order valence-corrected chi connectivity index (χ0v) is 22.0. The second-order valence-electron chi connectivity index (χ2n) is 9.02. The molecule has 2 aromatic rings. The van der Waals surface area contributed by atoms with Crippen molar-refractivity contribution in [3.8, 4) is 17.0 Å². The first-order chi connectivity index (χ1) is 16.8. The molecule has 0 fully saturated rings. The zero-order valence-electron chi connectivity index (χ0n) is 19.5. The Morgan fingerprint density at radius 1 is 1.22 bits per heavy atom. The van der Waals surface area contributed by atoms with Crippen LogP contribution in [0.3, 0.4) is 0 Å². The van der Waals surface area contributed by atoms with Gasteiger partial charge in [0.15, 0.2) is 27.7 Å². The number of anilines is 1. The molecule has 192 valence electrons. The number of amides is 3. The third-order valence-electron chi connectivity index (χ3n) is 4.81. The number of hydrogen-bond donors (Lipinski definition) is 1. The molecule has 1 N–H and O–H groups in total. The Kier molecular flexibility index (Phi) is 6.83. The summed E-state index contributed by atoms with van der Waals surface area (Å²) < 4.78 is 60.8. The van der Waals surface area contributed by atoms with E-state index in [1.165, 1.54) is 10.8 Å². The maximum absolute atomic E-state index is 14.5. The van der Waals surface area contributed by atoms with Gasteiger partial charge in [-0.1, -0.05) is 32.5 Å². The predicted octanol–water partition coefficient (Wildman–Crippen LogP) is 4.40. The number of amidine groups is 1. The van der Waals surface area contributed by atoms with Crippen molar-refractivity contribution in [2.45, 2.75) is 27.2 Å². The Balaban J connectivity index is 1.45. The number of carbonyl (C=O) groups is 2. The number of thioether (sulfide) groups is 1. The second kappa shape index (κ2) is 9.44. The number of thiazole rings is 1. The first kappa shape index (κ1) is 26.0. The predicted molar refractivity (Wildman–Crippen MR) is 133 cm³/mol. The molecular formula is C21H21F2N5O5S3. The third kappa shape index (κ3) is 5.22. The molecule has 0 aliphatic carbocycles. The van der Waals surface area contributed by atoms with Crippen LogP contribution in [-0.2, 0) is 15.0 Å². The molecule has 3 amide bonds. The molecule has 0 radical (unpaired) electrons. The van der Waals surface area contributed by atoms with Gasteiger partial charge in [-0.2, -0.15) is 13.4 Å². The molecule has 1 aromatic carbocycles. The highest BCUT2D eigenvalue weighted by Crippen LogP contribution is 2.36. The van der Waals surface area contributed by atoms with Crippen LogP contribution in [0.2, 0.25) is 0 Å². The van der Waals surface area contributed by atoms with Crippen LogP contribution in [0.5, 0.6) is 5.75 Å². The molecule has 0 bridgehead atoms. The van der Waals surface area contributed by atoms with Gasteiger partial charge in [-0.05, 0) is 17.5 Å². The van der Waals surface area contributed by atoms with Gasteiger partial charge in [-0.25, -0.2) is 27.2 Å². The van der Waals surface area contributed by atoms with Crippen LogP contribution >= 0.6 is 23.1 Å². The van der Waals surface area contributed by atoms with Crippen LogP contribution in [0.25, 0.3) is 11.3 Å². The lowest BCUT2D eigenvalue weighted by atomic mass is 9.99. The number of carbonyl (C=O) groups excluding carboxylic acids is 2. The first-order valence-electron chi connectivity index (χ1n) is 10.4. The molecule has 15 heteroatoms. The number of rotatable bonds is 6. The summed E-state index contributed by atoms with van der Waals surface area (Å²) in [6.07, 6.45) is -0.342. The fourth-order valence-corrected chi connectivity index (χ4v) is 6.19. The Morgan fingerprint density at radius 3 is 2.53 bits per heavy atom. The van der Waals surface area contributed by atoms with Crippen LogP contribution in [0.4, 0.5) is 18.7 Å². The van der Waals surface area contributed by atoms with Crippen LogP contribution < -0.4 is 10.1 Å². The van der Waals surface area contributed by atoms with Crippen molar-refractivity contribution < 1.29 is 31.5 Å². The Labute approximate surface area is 214 Å². The highest BCUT2D eigenvalue weighted by atomic mass is 32.2. The van der Waals surface area contributed by atoms with E-state index in [2.05, 4.69) is 15.3 Å². The molecule has 2 aliphatic heterocycles. The molecule has 10 nitrogen and oxygen atoms in total. The quantitative estimate of drug-likeness (QED) is 0.559. The van der Waals surface area contributed by atoms with Gasteiger partial charge >= 0.3 is 16.2 Å². The van der Waals surface area contributed by atoms with E-state index in [9.17, 15) is 26.8 Å². The van der Waals surface area contributed by atoms with E-state index in [4.69, 9.17) is 4.74 Å². The number of aromatic nitrogens is 1. The van der Waals surface area contributed by atoms with Gasteiger partial charge in [0, 0.05) is 23.4 Å². The van der Waals surface area contributed by atoms with Crippen molar-refractivity contribution in [1.82, 2.24) is 13.6 Å². The van der Waals surface area contributed by atoms with Gasteiger partial charge in [0.2, 0.25) is 5.91 Å². The van der Waals surface area contributed by atoms with Gasteiger partial charge in [-0.15, -0.1) is 11.3 Å². The highest BCUT2D eigenvalue weighted by Gasteiger charge is 2.43. The first-order valence-corrected chi connectivity index (χ1v) is 13.6. The lowest BCUT2D eigenvalue weighted by Crippen LogP contribution is -2.48. The van der Waals surface area contributed by atoms with Crippen LogP contribution in [0, 0.1) is 17.0 Å². The molecular weight excluding hydrogens is 536 g/mol. The van der Waals surface area contributed by atoms with Gasteiger partial charge in [0.25, 0.3) is 0 Å². The average molecular weight is 558 g/mol. The van der Waals surface area contributed by atoms with E-state index < -0.39 is 39.5 Å². The fourth-order valence-electron chi connectivity index (χ4n) is 3.07. The van der Waals surface area contributed by atoms with E-state index in [1.54, 1.807) is 0 Å². The molecule has 1 aromatic heterocycles. The van der Waals surface area contributed by atoms with Crippen molar-refractivity contribution in [3.05, 3.63) is 40.3 Å². The normalized spacial score (nSPS) is 17.0. The Morgan fingerprint density at radius 2 is 1.89 bits per heavy atom. The number of benzene rings is 1. The summed E-state index contributed by atoms with van der Waals surface area (Å²) in [5.41, 5.74) is 0.224. The Hall–Kier alpha value is -3.04. The number of urea groups is 1. The van der Waals surface area contributed by atoms with Crippen molar-refractivity contribution in [2.75, 3.05) is 19.0 Å². The molecule has 0 atom stereocenters. The molecule has 0 saturated carbocycles. The highest BCUT2D eigenvalue weighted by molar-refractivity contribution is 8.17. The minimum atomic E-state index is -4.19. The molecule has 0 unspecified atom stereocenters. The minimum absolute atomic E-state index is 0.0589. The molecule has 0 saturated heterocycles.